The number of aliphatic imine (C=N–C) groups is 1. The largest absolute Gasteiger partial charge is 0.464 e. The van der Waals surface area contributed by atoms with Gasteiger partial charge in [0.05, 0.1) is 6.04 Å². The van der Waals surface area contributed by atoms with Crippen molar-refractivity contribution in [2.75, 3.05) is 46.3 Å². The van der Waals surface area contributed by atoms with E-state index in [-0.39, 0.29) is 30.0 Å². The molecular weight excluding hydrogens is 469 g/mol. The van der Waals surface area contributed by atoms with Crippen molar-refractivity contribution in [3.63, 3.8) is 0 Å². The summed E-state index contributed by atoms with van der Waals surface area (Å²) < 4.78 is 5.66. The topological polar surface area (TPSA) is 73.1 Å². The zero-order valence-corrected chi connectivity index (χ0v) is 19.6. The minimum Gasteiger partial charge on any atom is -0.464 e. The number of hydrogen-bond donors (Lipinski definition) is 2. The van der Waals surface area contributed by atoms with Gasteiger partial charge in [-0.15, -0.1) is 24.0 Å². The van der Waals surface area contributed by atoms with Gasteiger partial charge in [-0.1, -0.05) is 6.42 Å². The van der Waals surface area contributed by atoms with Crippen molar-refractivity contribution in [3.8, 4) is 0 Å². The van der Waals surface area contributed by atoms with Crippen molar-refractivity contribution < 1.29 is 9.21 Å². The first-order valence-electron chi connectivity index (χ1n) is 10.1. The Kier molecular flexibility index (Phi) is 9.07. The van der Waals surface area contributed by atoms with E-state index in [1.165, 1.54) is 6.42 Å². The summed E-state index contributed by atoms with van der Waals surface area (Å²) in [6, 6.07) is 4.02. The molecule has 1 aliphatic heterocycles. The summed E-state index contributed by atoms with van der Waals surface area (Å²) in [5.74, 6) is 3.29. The van der Waals surface area contributed by atoms with Crippen LogP contribution in [0, 0.1) is 12.8 Å². The van der Waals surface area contributed by atoms with Crippen molar-refractivity contribution >= 4 is 35.8 Å². The van der Waals surface area contributed by atoms with Crippen LogP contribution in [0.25, 0.3) is 0 Å². The van der Waals surface area contributed by atoms with Gasteiger partial charge in [-0.2, -0.15) is 0 Å². The van der Waals surface area contributed by atoms with Crippen LogP contribution in [0.4, 0.5) is 0 Å². The van der Waals surface area contributed by atoms with Crippen molar-refractivity contribution in [2.24, 2.45) is 10.9 Å². The van der Waals surface area contributed by atoms with Gasteiger partial charge in [0.25, 0.3) is 0 Å². The van der Waals surface area contributed by atoms with Gasteiger partial charge < -0.3 is 20.0 Å². The number of piperazine rings is 1. The molecule has 1 amide bonds. The number of rotatable bonds is 6. The van der Waals surface area contributed by atoms with E-state index in [1.807, 2.05) is 19.1 Å². The maximum Gasteiger partial charge on any atom is 0.225 e. The fourth-order valence-electron chi connectivity index (χ4n) is 3.59. The SMILES string of the molecule is CN=C(NCCN1CCN(C(=O)C2CCC2)CC1)NC(C)c1ccc(C)o1.I. The number of carbonyl (C=O) groups is 1. The average molecular weight is 503 g/mol. The number of nitrogens with zero attached hydrogens (tertiary/aromatic N) is 3. The van der Waals surface area contributed by atoms with Crippen LogP contribution >= 0.6 is 24.0 Å². The first kappa shape index (κ1) is 23.0. The molecule has 1 saturated carbocycles. The van der Waals surface area contributed by atoms with E-state index in [9.17, 15) is 4.79 Å². The van der Waals surface area contributed by atoms with Crippen molar-refractivity contribution in [3.05, 3.63) is 23.7 Å². The van der Waals surface area contributed by atoms with Crippen LogP contribution in [0.2, 0.25) is 0 Å². The summed E-state index contributed by atoms with van der Waals surface area (Å²) in [5.41, 5.74) is 0. The summed E-state index contributed by atoms with van der Waals surface area (Å²) >= 11 is 0. The quantitative estimate of drug-likeness (QED) is 0.355. The highest BCUT2D eigenvalue weighted by atomic mass is 127. The van der Waals surface area contributed by atoms with Gasteiger partial charge >= 0.3 is 0 Å². The Morgan fingerprint density at radius 1 is 1.29 bits per heavy atom. The Bertz CT molecular complexity index is 651. The molecule has 158 valence electrons. The van der Waals surface area contributed by atoms with Crippen LogP contribution in [0.3, 0.4) is 0 Å². The molecule has 1 unspecified atom stereocenters. The number of carbonyl (C=O) groups excluding carboxylic acids is 1. The standard InChI is InChI=1S/C20H33N5O2.HI/c1-15-7-8-18(27-15)16(2)23-20(21-3)22-9-10-24-11-13-25(14-12-24)19(26)17-5-4-6-17;/h7-8,16-17H,4-6,9-14H2,1-3H3,(H2,21,22,23);1H. The third-order valence-electron chi connectivity index (χ3n) is 5.62. The highest BCUT2D eigenvalue weighted by molar-refractivity contribution is 14.0. The molecular formula is C20H34IN5O2. The van der Waals surface area contributed by atoms with Gasteiger partial charge in [-0.25, -0.2) is 0 Å². The highest BCUT2D eigenvalue weighted by Crippen LogP contribution is 2.28. The molecule has 2 fully saturated rings. The molecule has 0 radical (unpaired) electrons. The van der Waals surface area contributed by atoms with E-state index in [0.29, 0.717) is 11.8 Å². The van der Waals surface area contributed by atoms with E-state index < -0.39 is 0 Å². The Labute approximate surface area is 185 Å². The maximum absolute atomic E-state index is 12.3. The number of nitrogens with one attached hydrogen (secondary N) is 2. The van der Waals surface area contributed by atoms with Crippen LogP contribution in [-0.4, -0.2) is 68.0 Å². The molecule has 2 heterocycles. The van der Waals surface area contributed by atoms with E-state index in [4.69, 9.17) is 4.42 Å². The highest BCUT2D eigenvalue weighted by Gasteiger charge is 2.31. The Balaban J connectivity index is 0.00000280. The summed E-state index contributed by atoms with van der Waals surface area (Å²) in [4.78, 5) is 21.1. The van der Waals surface area contributed by atoms with Gasteiger partial charge in [0.1, 0.15) is 11.5 Å². The van der Waals surface area contributed by atoms with E-state index in [1.54, 1.807) is 7.05 Å². The summed E-state index contributed by atoms with van der Waals surface area (Å²) in [6.45, 7) is 9.39. The average Bonchev–Trinajstić information content (AvgIpc) is 3.06. The third kappa shape index (κ3) is 6.10. The summed E-state index contributed by atoms with van der Waals surface area (Å²) in [5, 5.41) is 6.72. The third-order valence-corrected chi connectivity index (χ3v) is 5.62. The molecule has 0 bridgehead atoms. The molecule has 1 aliphatic carbocycles. The molecule has 2 aliphatic rings. The number of amides is 1. The smallest absolute Gasteiger partial charge is 0.225 e. The lowest BCUT2D eigenvalue weighted by molar-refractivity contribution is -0.139. The van der Waals surface area contributed by atoms with Crippen LogP contribution in [-0.2, 0) is 4.79 Å². The van der Waals surface area contributed by atoms with E-state index in [2.05, 4.69) is 32.3 Å². The molecule has 8 heteroatoms. The molecule has 1 saturated heterocycles. The Hall–Kier alpha value is -1.29. The van der Waals surface area contributed by atoms with Gasteiger partial charge in [0.15, 0.2) is 5.96 Å². The molecule has 7 nitrogen and oxygen atoms in total. The fraction of sp³-hybridized carbons (Fsp3) is 0.700. The molecule has 1 aromatic heterocycles. The second-order valence-corrected chi connectivity index (χ2v) is 7.61. The summed E-state index contributed by atoms with van der Waals surface area (Å²) in [7, 11) is 1.78. The predicted molar refractivity (Wildman–Crippen MR) is 122 cm³/mol. The zero-order chi connectivity index (χ0) is 19.2. The number of halogens is 1. The molecule has 3 rings (SSSR count). The second kappa shape index (κ2) is 11.0. The molecule has 28 heavy (non-hydrogen) atoms. The lowest BCUT2D eigenvalue weighted by Crippen LogP contribution is -2.52. The Morgan fingerprint density at radius 3 is 2.54 bits per heavy atom. The van der Waals surface area contributed by atoms with E-state index in [0.717, 1.165) is 69.6 Å². The van der Waals surface area contributed by atoms with Gasteiger partial charge in [0.2, 0.25) is 5.91 Å². The molecule has 0 spiro atoms. The lowest BCUT2D eigenvalue weighted by Gasteiger charge is -2.38. The molecule has 1 aromatic rings. The fourth-order valence-corrected chi connectivity index (χ4v) is 3.59. The van der Waals surface area contributed by atoms with E-state index >= 15 is 0 Å². The van der Waals surface area contributed by atoms with Crippen LogP contribution in [0.5, 0.6) is 0 Å². The molecule has 0 aromatic carbocycles. The molecule has 2 N–H and O–H groups in total. The number of furan rings is 1. The normalized spacial score (nSPS) is 19.5. The van der Waals surface area contributed by atoms with Crippen LogP contribution in [0.15, 0.2) is 21.5 Å². The monoisotopic (exact) mass is 503 g/mol. The van der Waals surface area contributed by atoms with Gasteiger partial charge in [-0.05, 0) is 38.8 Å². The maximum atomic E-state index is 12.3. The minimum atomic E-state index is 0. The van der Waals surface area contributed by atoms with Crippen LogP contribution < -0.4 is 10.6 Å². The van der Waals surface area contributed by atoms with Gasteiger partial charge in [-0.3, -0.25) is 14.7 Å². The van der Waals surface area contributed by atoms with Crippen molar-refractivity contribution in [2.45, 2.75) is 39.2 Å². The summed E-state index contributed by atoms with van der Waals surface area (Å²) in [6.07, 6.45) is 3.39. The first-order valence-corrected chi connectivity index (χ1v) is 10.1. The minimum absolute atomic E-state index is 0. The second-order valence-electron chi connectivity index (χ2n) is 7.61. The van der Waals surface area contributed by atoms with Crippen LogP contribution in [0.1, 0.15) is 43.7 Å². The zero-order valence-electron chi connectivity index (χ0n) is 17.2. The Morgan fingerprint density at radius 2 is 2.00 bits per heavy atom. The number of guanidine groups is 1. The van der Waals surface area contributed by atoms with Crippen molar-refractivity contribution in [1.29, 1.82) is 0 Å². The molecule has 1 atom stereocenters. The predicted octanol–water partition coefficient (Wildman–Crippen LogP) is 2.38. The number of hydrogen-bond acceptors (Lipinski definition) is 4. The van der Waals surface area contributed by atoms with Crippen molar-refractivity contribution in [1.82, 2.24) is 20.4 Å². The first-order chi connectivity index (χ1) is 13.1. The van der Waals surface area contributed by atoms with Gasteiger partial charge in [0, 0.05) is 52.2 Å². The number of aryl methyl sites for hydroxylation is 1. The lowest BCUT2D eigenvalue weighted by atomic mass is 9.84.